The maximum atomic E-state index is 13.0. The van der Waals surface area contributed by atoms with Gasteiger partial charge in [-0.25, -0.2) is 0 Å². The van der Waals surface area contributed by atoms with Gasteiger partial charge in [0.05, 0.1) is 26.2 Å². The number of carbonyl (C=O) groups excluding carboxylic acids is 1. The number of aryl methyl sites for hydroxylation is 1. The van der Waals surface area contributed by atoms with Crippen LogP contribution in [0, 0.1) is 12.8 Å². The Morgan fingerprint density at radius 2 is 1.97 bits per heavy atom. The maximum Gasteiger partial charge on any atom is 0.225 e. The molecule has 2 atom stereocenters. The first kappa shape index (κ1) is 21.2. The van der Waals surface area contributed by atoms with Crippen molar-refractivity contribution < 1.29 is 14.3 Å². The third-order valence-electron chi connectivity index (χ3n) is 5.33. The van der Waals surface area contributed by atoms with E-state index in [2.05, 4.69) is 20.4 Å². The lowest BCUT2D eigenvalue weighted by Crippen LogP contribution is -2.44. The summed E-state index contributed by atoms with van der Waals surface area (Å²) in [6.07, 6.45) is 1.77. The molecule has 156 valence electrons. The molecule has 0 unspecified atom stereocenters. The molecule has 1 saturated heterocycles. The summed E-state index contributed by atoms with van der Waals surface area (Å²) in [5, 5.41) is 11.6. The second-order valence-corrected chi connectivity index (χ2v) is 7.68. The van der Waals surface area contributed by atoms with Gasteiger partial charge in [-0.1, -0.05) is 11.6 Å². The summed E-state index contributed by atoms with van der Waals surface area (Å²) in [6, 6.07) is 7.27. The van der Waals surface area contributed by atoms with Crippen LogP contribution >= 0.6 is 11.6 Å². The highest BCUT2D eigenvalue weighted by Gasteiger charge is 2.28. The number of benzene rings is 1. The number of halogens is 1. The average Bonchev–Trinajstić information content (AvgIpc) is 2.73. The number of carbonyl (C=O) groups is 1. The van der Waals surface area contributed by atoms with Crippen molar-refractivity contribution in [3.8, 4) is 11.5 Å². The van der Waals surface area contributed by atoms with Gasteiger partial charge in [0.15, 0.2) is 22.5 Å². The van der Waals surface area contributed by atoms with Crippen LogP contribution in [0.5, 0.6) is 11.5 Å². The van der Waals surface area contributed by atoms with E-state index in [4.69, 9.17) is 21.1 Å². The number of ether oxygens (including phenoxy) is 2. The van der Waals surface area contributed by atoms with Crippen molar-refractivity contribution in [3.05, 3.63) is 40.5 Å². The van der Waals surface area contributed by atoms with Crippen LogP contribution in [0.1, 0.15) is 36.9 Å². The Morgan fingerprint density at radius 3 is 2.62 bits per heavy atom. The largest absolute Gasteiger partial charge is 0.493 e. The number of nitrogens with one attached hydrogen (secondary N) is 1. The zero-order chi connectivity index (χ0) is 21.0. The molecule has 1 N–H and O–H groups in total. The van der Waals surface area contributed by atoms with E-state index in [1.807, 2.05) is 32.0 Å². The Balaban J connectivity index is 1.68. The van der Waals surface area contributed by atoms with Gasteiger partial charge < -0.3 is 19.7 Å². The number of aromatic nitrogens is 2. The van der Waals surface area contributed by atoms with Crippen LogP contribution in [0.2, 0.25) is 5.15 Å². The maximum absolute atomic E-state index is 13.0. The zero-order valence-electron chi connectivity index (χ0n) is 17.2. The van der Waals surface area contributed by atoms with Gasteiger partial charge in [-0.05, 0) is 62.1 Å². The standard InChI is InChI=1S/C21H27ClN4O3/c1-13-10-17(28-3)18(29-4)11-16(13)14(2)23-21(27)15-6-5-9-26(12-15)20-8-7-19(22)24-25-20/h7-8,10-11,14-15H,5-6,9,12H2,1-4H3,(H,23,27)/t14-,15-/m1/s1. The normalized spacial score (nSPS) is 17.6. The first-order valence-corrected chi connectivity index (χ1v) is 10.1. The fraction of sp³-hybridized carbons (Fsp3) is 0.476. The molecule has 1 amide bonds. The molecule has 3 rings (SSSR count). The molecule has 29 heavy (non-hydrogen) atoms. The molecule has 0 radical (unpaired) electrons. The van der Waals surface area contributed by atoms with Crippen molar-refractivity contribution in [2.24, 2.45) is 5.92 Å². The monoisotopic (exact) mass is 418 g/mol. The second-order valence-electron chi connectivity index (χ2n) is 7.29. The Labute approximate surface area is 176 Å². The van der Waals surface area contributed by atoms with Crippen LogP contribution in [0.3, 0.4) is 0 Å². The smallest absolute Gasteiger partial charge is 0.225 e. The van der Waals surface area contributed by atoms with Crippen molar-refractivity contribution in [2.75, 3.05) is 32.2 Å². The molecule has 1 aromatic heterocycles. The number of rotatable bonds is 6. The van der Waals surface area contributed by atoms with Gasteiger partial charge in [-0.3, -0.25) is 4.79 Å². The predicted octanol–water partition coefficient (Wildman–Crippen LogP) is 3.55. The van der Waals surface area contributed by atoms with Gasteiger partial charge in [0, 0.05) is 13.1 Å². The summed E-state index contributed by atoms with van der Waals surface area (Å²) in [7, 11) is 3.22. The van der Waals surface area contributed by atoms with Crippen molar-refractivity contribution in [2.45, 2.75) is 32.7 Å². The molecule has 1 aliphatic rings. The first-order valence-electron chi connectivity index (χ1n) is 9.70. The van der Waals surface area contributed by atoms with Crippen LogP contribution in [0.15, 0.2) is 24.3 Å². The lowest BCUT2D eigenvalue weighted by molar-refractivity contribution is -0.125. The second kappa shape index (κ2) is 9.31. The summed E-state index contributed by atoms with van der Waals surface area (Å²) in [4.78, 5) is 15.0. The van der Waals surface area contributed by atoms with Gasteiger partial charge in [0.25, 0.3) is 0 Å². The fourth-order valence-corrected chi connectivity index (χ4v) is 3.85. The van der Waals surface area contributed by atoms with Gasteiger partial charge in [-0.2, -0.15) is 0 Å². The number of piperidine rings is 1. The van der Waals surface area contributed by atoms with E-state index in [0.29, 0.717) is 23.2 Å². The topological polar surface area (TPSA) is 76.6 Å². The molecule has 0 saturated carbocycles. The third-order valence-corrected chi connectivity index (χ3v) is 5.53. The molecular weight excluding hydrogens is 392 g/mol. The van der Waals surface area contributed by atoms with Gasteiger partial charge >= 0.3 is 0 Å². The first-order chi connectivity index (χ1) is 13.9. The summed E-state index contributed by atoms with van der Waals surface area (Å²) in [5.74, 6) is 2.01. The molecular formula is C21H27ClN4O3. The zero-order valence-corrected chi connectivity index (χ0v) is 18.0. The highest BCUT2D eigenvalue weighted by molar-refractivity contribution is 6.29. The Morgan fingerprint density at radius 1 is 1.24 bits per heavy atom. The molecule has 2 heterocycles. The van der Waals surface area contributed by atoms with E-state index in [0.717, 1.165) is 36.3 Å². The van der Waals surface area contributed by atoms with Crippen molar-refractivity contribution in [1.29, 1.82) is 0 Å². The third kappa shape index (κ3) is 4.90. The molecule has 1 fully saturated rings. The van der Waals surface area contributed by atoms with Crippen molar-refractivity contribution in [1.82, 2.24) is 15.5 Å². The van der Waals surface area contributed by atoms with Gasteiger partial charge in [0.1, 0.15) is 0 Å². The summed E-state index contributed by atoms with van der Waals surface area (Å²) in [5.41, 5.74) is 2.05. The highest BCUT2D eigenvalue weighted by atomic mass is 35.5. The summed E-state index contributed by atoms with van der Waals surface area (Å²) in [6.45, 7) is 5.45. The molecule has 2 aromatic rings. The van der Waals surface area contributed by atoms with E-state index in [1.54, 1.807) is 20.3 Å². The number of nitrogens with zero attached hydrogens (tertiary/aromatic N) is 3. The quantitative estimate of drug-likeness (QED) is 0.773. The van der Waals surface area contributed by atoms with Crippen LogP contribution < -0.4 is 19.7 Å². The minimum absolute atomic E-state index is 0.0401. The van der Waals surface area contributed by atoms with Crippen molar-refractivity contribution >= 4 is 23.3 Å². The lowest BCUT2D eigenvalue weighted by Gasteiger charge is -2.33. The molecule has 7 nitrogen and oxygen atoms in total. The van der Waals surface area contributed by atoms with Gasteiger partial charge in [0.2, 0.25) is 5.91 Å². The fourth-order valence-electron chi connectivity index (χ4n) is 3.75. The van der Waals surface area contributed by atoms with Crippen LogP contribution in [0.4, 0.5) is 5.82 Å². The van der Waals surface area contributed by atoms with Crippen LogP contribution in [-0.4, -0.2) is 43.4 Å². The minimum Gasteiger partial charge on any atom is -0.493 e. The highest BCUT2D eigenvalue weighted by Crippen LogP contribution is 2.33. The van der Waals surface area contributed by atoms with E-state index in [-0.39, 0.29) is 17.9 Å². The molecule has 0 aliphatic carbocycles. The Hall–Kier alpha value is -2.54. The number of hydrogen-bond donors (Lipinski definition) is 1. The van der Waals surface area contributed by atoms with E-state index in [9.17, 15) is 4.79 Å². The molecule has 1 aliphatic heterocycles. The SMILES string of the molecule is COc1cc(C)c([C@@H](C)NC(=O)[C@@H]2CCCN(c3ccc(Cl)nn3)C2)cc1OC. The average molecular weight is 419 g/mol. The van der Waals surface area contributed by atoms with E-state index >= 15 is 0 Å². The van der Waals surface area contributed by atoms with Crippen LogP contribution in [0.25, 0.3) is 0 Å². The lowest BCUT2D eigenvalue weighted by atomic mass is 9.95. The summed E-state index contributed by atoms with van der Waals surface area (Å²) >= 11 is 5.83. The molecule has 0 spiro atoms. The van der Waals surface area contributed by atoms with E-state index in [1.165, 1.54) is 0 Å². The number of amides is 1. The minimum atomic E-state index is -0.145. The predicted molar refractivity (Wildman–Crippen MR) is 113 cm³/mol. The number of anilines is 1. The van der Waals surface area contributed by atoms with Crippen molar-refractivity contribution in [3.63, 3.8) is 0 Å². The van der Waals surface area contributed by atoms with E-state index < -0.39 is 0 Å². The molecule has 0 bridgehead atoms. The molecule has 1 aromatic carbocycles. The molecule has 8 heteroatoms. The Kier molecular flexibility index (Phi) is 6.79. The van der Waals surface area contributed by atoms with Gasteiger partial charge in [-0.15, -0.1) is 10.2 Å². The number of methoxy groups -OCH3 is 2. The summed E-state index contributed by atoms with van der Waals surface area (Å²) < 4.78 is 10.8. The Bertz CT molecular complexity index is 860. The number of hydrogen-bond acceptors (Lipinski definition) is 6. The van der Waals surface area contributed by atoms with Crippen LogP contribution in [-0.2, 0) is 4.79 Å².